The van der Waals surface area contributed by atoms with Crippen LogP contribution in [0.15, 0.2) is 0 Å². The molecule has 5 unspecified atom stereocenters. The molecule has 0 saturated heterocycles. The zero-order valence-electron chi connectivity index (χ0n) is 20.6. The summed E-state index contributed by atoms with van der Waals surface area (Å²) in [5.74, 6) is -0.0522. The molecule has 0 amide bonds. The summed E-state index contributed by atoms with van der Waals surface area (Å²) >= 11 is 0. The van der Waals surface area contributed by atoms with E-state index in [9.17, 15) is 9.59 Å². The number of ether oxygens (including phenoxy) is 3. The summed E-state index contributed by atoms with van der Waals surface area (Å²) < 4.78 is 17.4. The van der Waals surface area contributed by atoms with E-state index in [0.717, 1.165) is 38.5 Å². The van der Waals surface area contributed by atoms with Crippen LogP contribution in [0.25, 0.3) is 0 Å². The van der Waals surface area contributed by atoms with Crippen LogP contribution in [-0.4, -0.2) is 30.9 Å². The summed E-state index contributed by atoms with van der Waals surface area (Å²) in [6.45, 7) is 12.9. The molecule has 3 rings (SSSR count). The number of hydrogen-bond acceptors (Lipinski definition) is 5. The quantitative estimate of drug-likeness (QED) is 0.368. The van der Waals surface area contributed by atoms with Gasteiger partial charge in [-0.1, -0.05) is 60.8 Å². The van der Waals surface area contributed by atoms with Crippen molar-refractivity contribution in [1.82, 2.24) is 0 Å². The Hall–Kier alpha value is -1.10. The maximum absolute atomic E-state index is 13.2. The van der Waals surface area contributed by atoms with Gasteiger partial charge < -0.3 is 14.2 Å². The maximum atomic E-state index is 13.2. The Morgan fingerprint density at radius 1 is 0.935 bits per heavy atom. The molecule has 31 heavy (non-hydrogen) atoms. The lowest BCUT2D eigenvalue weighted by molar-refractivity contribution is -0.175. The monoisotopic (exact) mass is 436 g/mol. The van der Waals surface area contributed by atoms with Gasteiger partial charge in [0.1, 0.15) is 6.10 Å². The zero-order valence-corrected chi connectivity index (χ0v) is 20.6. The number of fused-ring (bicyclic) bond motifs is 2. The first-order valence-corrected chi connectivity index (χ1v) is 12.4. The summed E-state index contributed by atoms with van der Waals surface area (Å²) in [5, 5.41) is 0. The van der Waals surface area contributed by atoms with Crippen LogP contribution in [-0.2, 0) is 23.8 Å². The highest BCUT2D eigenvalue weighted by Gasteiger charge is 2.52. The van der Waals surface area contributed by atoms with Crippen LogP contribution in [0, 0.1) is 34.5 Å². The Balaban J connectivity index is 1.52. The van der Waals surface area contributed by atoms with Gasteiger partial charge in [-0.05, 0) is 55.3 Å². The van der Waals surface area contributed by atoms with Gasteiger partial charge in [0.05, 0.1) is 17.9 Å². The van der Waals surface area contributed by atoms with E-state index in [0.29, 0.717) is 5.92 Å². The smallest absolute Gasteiger partial charge is 0.311 e. The highest BCUT2D eigenvalue weighted by molar-refractivity contribution is 5.75. The largest absolute Gasteiger partial charge is 0.462 e. The average molecular weight is 437 g/mol. The molecule has 178 valence electrons. The summed E-state index contributed by atoms with van der Waals surface area (Å²) in [6.07, 6.45) is 9.35. The van der Waals surface area contributed by atoms with Crippen LogP contribution < -0.4 is 0 Å². The molecule has 2 bridgehead atoms. The second-order valence-corrected chi connectivity index (χ2v) is 12.5. The van der Waals surface area contributed by atoms with Gasteiger partial charge in [-0.3, -0.25) is 9.59 Å². The van der Waals surface area contributed by atoms with Crippen LogP contribution in [0.1, 0.15) is 99.3 Å². The summed E-state index contributed by atoms with van der Waals surface area (Å²) in [7, 11) is 0. The molecule has 0 aliphatic heterocycles. The van der Waals surface area contributed by atoms with E-state index < -0.39 is 0 Å². The number of carbonyl (C=O) groups excluding carboxylic acids is 2. The highest BCUT2D eigenvalue weighted by Crippen LogP contribution is 2.51. The predicted octanol–water partition coefficient (Wildman–Crippen LogP) is 5.89. The van der Waals surface area contributed by atoms with Crippen molar-refractivity contribution in [3.8, 4) is 0 Å². The molecule has 3 aliphatic rings. The van der Waals surface area contributed by atoms with Crippen molar-refractivity contribution < 1.29 is 23.8 Å². The van der Waals surface area contributed by atoms with Crippen molar-refractivity contribution in [3.05, 3.63) is 0 Å². The average Bonchev–Trinajstić information content (AvgIpc) is 3.26. The van der Waals surface area contributed by atoms with Crippen molar-refractivity contribution in [3.63, 3.8) is 0 Å². The van der Waals surface area contributed by atoms with Crippen molar-refractivity contribution >= 4 is 11.9 Å². The van der Waals surface area contributed by atoms with Crippen molar-refractivity contribution in [2.75, 3.05) is 6.79 Å². The van der Waals surface area contributed by atoms with Crippen LogP contribution >= 0.6 is 0 Å². The number of hydrogen-bond donors (Lipinski definition) is 0. The maximum Gasteiger partial charge on any atom is 0.311 e. The number of esters is 2. The fourth-order valence-electron chi connectivity index (χ4n) is 5.81. The Labute approximate surface area is 189 Å². The Morgan fingerprint density at radius 2 is 1.61 bits per heavy atom. The van der Waals surface area contributed by atoms with Gasteiger partial charge in [-0.2, -0.15) is 0 Å². The number of rotatable bonds is 7. The molecule has 0 aromatic heterocycles. The molecular weight excluding hydrogens is 392 g/mol. The third-order valence-corrected chi connectivity index (χ3v) is 7.53. The molecule has 3 aliphatic carbocycles. The predicted molar refractivity (Wildman–Crippen MR) is 120 cm³/mol. The normalized spacial score (nSPS) is 30.3. The van der Waals surface area contributed by atoms with E-state index in [1.54, 1.807) is 0 Å². The zero-order chi connectivity index (χ0) is 22.8. The topological polar surface area (TPSA) is 61.8 Å². The minimum absolute atomic E-state index is 0.0519. The van der Waals surface area contributed by atoms with Crippen LogP contribution in [0.5, 0.6) is 0 Å². The first kappa shape index (κ1) is 24.5. The molecule has 0 aromatic carbocycles. The van der Waals surface area contributed by atoms with Gasteiger partial charge in [-0.15, -0.1) is 0 Å². The Kier molecular flexibility index (Phi) is 7.76. The van der Waals surface area contributed by atoms with E-state index in [-0.39, 0.29) is 59.5 Å². The fraction of sp³-hybridized carbons (Fsp3) is 0.923. The lowest BCUT2D eigenvalue weighted by atomic mass is 9.72. The molecule has 3 saturated carbocycles. The Morgan fingerprint density at radius 3 is 2.19 bits per heavy atom. The van der Waals surface area contributed by atoms with E-state index in [1.807, 2.05) is 0 Å². The Bertz CT molecular complexity index is 623. The first-order chi connectivity index (χ1) is 14.4. The van der Waals surface area contributed by atoms with Crippen LogP contribution in [0.3, 0.4) is 0 Å². The van der Waals surface area contributed by atoms with Crippen molar-refractivity contribution in [2.45, 2.75) is 112 Å². The molecule has 5 nitrogen and oxygen atoms in total. The summed E-state index contributed by atoms with van der Waals surface area (Å²) in [4.78, 5) is 25.9. The molecule has 0 spiro atoms. The molecule has 3 fully saturated rings. The third kappa shape index (κ3) is 6.69. The van der Waals surface area contributed by atoms with Crippen molar-refractivity contribution in [2.24, 2.45) is 34.5 Å². The number of carbonyl (C=O) groups is 2. The molecule has 5 atom stereocenters. The second-order valence-electron chi connectivity index (χ2n) is 12.5. The second kappa shape index (κ2) is 9.80. The first-order valence-electron chi connectivity index (χ1n) is 12.4. The highest BCUT2D eigenvalue weighted by atomic mass is 16.7. The molecule has 0 radical (unpaired) electrons. The summed E-state index contributed by atoms with van der Waals surface area (Å²) in [6, 6.07) is 0. The lowest BCUT2D eigenvalue weighted by Gasteiger charge is -2.36. The molecular formula is C26H44O5. The van der Waals surface area contributed by atoms with Gasteiger partial charge in [-0.25, -0.2) is 0 Å². The van der Waals surface area contributed by atoms with Gasteiger partial charge in [0.2, 0.25) is 0 Å². The standard InChI is InChI=1S/C26H44O5/c1-25(2,3)15-21(26(4,5)6)24(28)31-22-14-17-12-19(22)20(13-17)23(27)30-16-29-18-10-8-7-9-11-18/h17-22H,7-16H2,1-6H3. The van der Waals surface area contributed by atoms with Gasteiger partial charge in [0.15, 0.2) is 6.79 Å². The van der Waals surface area contributed by atoms with E-state index in [2.05, 4.69) is 41.5 Å². The van der Waals surface area contributed by atoms with Crippen molar-refractivity contribution in [1.29, 1.82) is 0 Å². The van der Waals surface area contributed by atoms with Crippen LogP contribution in [0.2, 0.25) is 0 Å². The minimum Gasteiger partial charge on any atom is -0.462 e. The molecule has 0 N–H and O–H groups in total. The molecule has 0 heterocycles. The summed E-state index contributed by atoms with van der Waals surface area (Å²) in [5.41, 5.74) is -0.104. The van der Waals surface area contributed by atoms with Gasteiger partial charge in [0, 0.05) is 5.92 Å². The van der Waals surface area contributed by atoms with E-state index in [1.165, 1.54) is 19.3 Å². The van der Waals surface area contributed by atoms with Gasteiger partial charge >= 0.3 is 11.9 Å². The third-order valence-electron chi connectivity index (χ3n) is 7.53. The molecule has 5 heteroatoms. The fourth-order valence-corrected chi connectivity index (χ4v) is 5.81. The van der Waals surface area contributed by atoms with Gasteiger partial charge in [0.25, 0.3) is 0 Å². The van der Waals surface area contributed by atoms with E-state index >= 15 is 0 Å². The minimum atomic E-state index is -0.175. The SMILES string of the molecule is CC(C)(C)CC(C(=O)OC1CC2CC(C(=O)OCOC3CCCCC3)C1C2)C(C)(C)C. The van der Waals surface area contributed by atoms with Crippen LogP contribution in [0.4, 0.5) is 0 Å². The lowest BCUT2D eigenvalue weighted by Crippen LogP contribution is -2.39. The van der Waals surface area contributed by atoms with E-state index in [4.69, 9.17) is 14.2 Å². The molecule has 0 aromatic rings.